The van der Waals surface area contributed by atoms with Gasteiger partial charge in [0.25, 0.3) is 0 Å². The van der Waals surface area contributed by atoms with E-state index >= 15 is 0 Å². The van der Waals surface area contributed by atoms with Crippen LogP contribution in [0.4, 0.5) is 5.69 Å². The molecule has 1 aromatic rings. The molecule has 0 unspecified atom stereocenters. The fourth-order valence-electron chi connectivity index (χ4n) is 2.29. The fourth-order valence-corrected chi connectivity index (χ4v) is 2.29. The van der Waals surface area contributed by atoms with Gasteiger partial charge in [0, 0.05) is 12.2 Å². The maximum atomic E-state index is 12.2. The average Bonchev–Trinajstić information content (AvgIpc) is 2.61. The first-order valence-electron chi connectivity index (χ1n) is 6.35. The van der Waals surface area contributed by atoms with Gasteiger partial charge in [0.1, 0.15) is 0 Å². The predicted octanol–water partition coefficient (Wildman–Crippen LogP) is 1.58. The second-order valence-electron chi connectivity index (χ2n) is 4.44. The highest BCUT2D eigenvalue weighted by Crippen LogP contribution is 2.25. The summed E-state index contributed by atoms with van der Waals surface area (Å²) >= 11 is 0. The van der Waals surface area contributed by atoms with Gasteiger partial charge in [-0.1, -0.05) is 24.1 Å². The number of aryl methyl sites for hydroxylation is 1. The van der Waals surface area contributed by atoms with Crippen molar-refractivity contribution in [1.29, 1.82) is 0 Å². The Morgan fingerprint density at radius 1 is 1.39 bits per heavy atom. The van der Waals surface area contributed by atoms with E-state index in [1.165, 1.54) is 5.56 Å². The zero-order chi connectivity index (χ0) is 12.8. The molecule has 3 nitrogen and oxygen atoms in total. The Kier molecular flexibility index (Phi) is 4.38. The molecule has 94 valence electrons. The largest absolute Gasteiger partial charge is 0.311 e. The van der Waals surface area contributed by atoms with E-state index < -0.39 is 0 Å². The van der Waals surface area contributed by atoms with Gasteiger partial charge in [-0.25, -0.2) is 0 Å². The van der Waals surface area contributed by atoms with Crippen LogP contribution in [0, 0.1) is 12.3 Å². The van der Waals surface area contributed by atoms with Gasteiger partial charge in [0.15, 0.2) is 0 Å². The van der Waals surface area contributed by atoms with Crippen LogP contribution in [0.15, 0.2) is 24.3 Å². The molecule has 2 rings (SSSR count). The molecule has 0 atom stereocenters. The van der Waals surface area contributed by atoms with Crippen LogP contribution in [0.1, 0.15) is 18.4 Å². The smallest absolute Gasteiger partial charge is 0.240 e. The molecule has 1 aliphatic rings. The van der Waals surface area contributed by atoms with Crippen molar-refractivity contribution in [3.05, 3.63) is 29.8 Å². The fraction of sp³-hybridized carbons (Fsp3) is 0.400. The molecular formula is C15H18N2O. The number of hydrogen-bond acceptors (Lipinski definition) is 2. The van der Waals surface area contributed by atoms with Crippen LogP contribution in [-0.2, 0) is 11.2 Å². The standard InChI is InChI=1S/C15H18N2O/c1-2-10-16-12-15(18)17-11-6-5-8-13-7-3-4-9-14(13)17/h1,3-4,7,9,16H,5-6,8,10-12H2. The number of carbonyl (C=O) groups excluding carboxylic acids is 1. The molecule has 0 saturated carbocycles. The molecule has 0 spiro atoms. The minimum absolute atomic E-state index is 0.0969. The molecule has 0 bridgehead atoms. The average molecular weight is 242 g/mol. The van der Waals surface area contributed by atoms with Crippen LogP contribution in [0.25, 0.3) is 0 Å². The third-order valence-corrected chi connectivity index (χ3v) is 3.16. The zero-order valence-corrected chi connectivity index (χ0v) is 10.5. The van der Waals surface area contributed by atoms with Gasteiger partial charge in [-0.15, -0.1) is 6.42 Å². The van der Waals surface area contributed by atoms with Gasteiger partial charge in [-0.2, -0.15) is 0 Å². The lowest BCUT2D eigenvalue weighted by molar-refractivity contribution is -0.117. The summed E-state index contributed by atoms with van der Waals surface area (Å²) in [5.41, 5.74) is 2.32. The van der Waals surface area contributed by atoms with Crippen LogP contribution in [0.2, 0.25) is 0 Å². The van der Waals surface area contributed by atoms with E-state index in [4.69, 9.17) is 6.42 Å². The number of fused-ring (bicyclic) bond motifs is 1. The third kappa shape index (κ3) is 2.91. The van der Waals surface area contributed by atoms with E-state index in [-0.39, 0.29) is 5.91 Å². The van der Waals surface area contributed by atoms with Crippen LogP contribution in [-0.4, -0.2) is 25.5 Å². The number of nitrogens with zero attached hydrogens (tertiary/aromatic N) is 1. The summed E-state index contributed by atoms with van der Waals surface area (Å²) in [7, 11) is 0. The Labute approximate surface area is 108 Å². The first-order chi connectivity index (χ1) is 8.83. The lowest BCUT2D eigenvalue weighted by Gasteiger charge is -2.22. The third-order valence-electron chi connectivity index (χ3n) is 3.16. The van der Waals surface area contributed by atoms with E-state index in [1.807, 2.05) is 23.1 Å². The monoisotopic (exact) mass is 242 g/mol. The predicted molar refractivity (Wildman–Crippen MR) is 73.4 cm³/mol. The minimum Gasteiger partial charge on any atom is -0.311 e. The van der Waals surface area contributed by atoms with Crippen LogP contribution in [0.5, 0.6) is 0 Å². The number of benzene rings is 1. The molecule has 1 N–H and O–H groups in total. The van der Waals surface area contributed by atoms with Crippen molar-refractivity contribution < 1.29 is 4.79 Å². The second-order valence-corrected chi connectivity index (χ2v) is 4.44. The van der Waals surface area contributed by atoms with E-state index in [0.29, 0.717) is 13.1 Å². The highest BCUT2D eigenvalue weighted by atomic mass is 16.2. The topological polar surface area (TPSA) is 32.3 Å². The van der Waals surface area contributed by atoms with Gasteiger partial charge >= 0.3 is 0 Å². The van der Waals surface area contributed by atoms with Crippen molar-refractivity contribution in [2.75, 3.05) is 24.5 Å². The molecule has 0 fully saturated rings. The molecule has 1 aromatic carbocycles. The SMILES string of the molecule is C#CCNCC(=O)N1CCCCc2ccccc21. The minimum atomic E-state index is 0.0969. The Morgan fingerprint density at radius 2 is 2.22 bits per heavy atom. The number of anilines is 1. The summed E-state index contributed by atoms with van der Waals surface area (Å²) in [5, 5.41) is 2.96. The van der Waals surface area contributed by atoms with Crippen LogP contribution in [0.3, 0.4) is 0 Å². The molecular weight excluding hydrogens is 224 g/mol. The van der Waals surface area contributed by atoms with Gasteiger partial charge in [0.2, 0.25) is 5.91 Å². The van der Waals surface area contributed by atoms with E-state index in [9.17, 15) is 4.79 Å². The molecule has 1 aliphatic heterocycles. The van der Waals surface area contributed by atoms with Crippen LogP contribution < -0.4 is 10.2 Å². The molecule has 0 radical (unpaired) electrons. The van der Waals surface area contributed by atoms with Crippen molar-refractivity contribution in [1.82, 2.24) is 5.32 Å². The molecule has 18 heavy (non-hydrogen) atoms. The van der Waals surface area contributed by atoms with E-state index in [0.717, 1.165) is 31.5 Å². The van der Waals surface area contributed by atoms with Crippen molar-refractivity contribution in [2.45, 2.75) is 19.3 Å². The quantitative estimate of drug-likeness (QED) is 0.644. The molecule has 0 saturated heterocycles. The summed E-state index contributed by atoms with van der Waals surface area (Å²) in [6.07, 6.45) is 8.40. The zero-order valence-electron chi connectivity index (χ0n) is 10.5. The number of para-hydroxylation sites is 1. The molecule has 3 heteroatoms. The Hall–Kier alpha value is -1.79. The maximum Gasteiger partial charge on any atom is 0.240 e. The Bertz CT molecular complexity index is 462. The van der Waals surface area contributed by atoms with E-state index in [2.05, 4.69) is 17.3 Å². The van der Waals surface area contributed by atoms with Gasteiger partial charge < -0.3 is 4.90 Å². The van der Waals surface area contributed by atoms with E-state index in [1.54, 1.807) is 0 Å². The number of terminal acetylenes is 1. The molecule has 1 amide bonds. The number of carbonyl (C=O) groups is 1. The molecule has 0 aromatic heterocycles. The summed E-state index contributed by atoms with van der Waals surface area (Å²) < 4.78 is 0. The summed E-state index contributed by atoms with van der Waals surface area (Å²) in [4.78, 5) is 14.1. The van der Waals surface area contributed by atoms with Crippen molar-refractivity contribution in [3.8, 4) is 12.3 Å². The van der Waals surface area contributed by atoms with Crippen LogP contribution >= 0.6 is 0 Å². The maximum absolute atomic E-state index is 12.2. The second kappa shape index (κ2) is 6.23. The van der Waals surface area contributed by atoms with Crippen molar-refractivity contribution >= 4 is 11.6 Å². The highest BCUT2D eigenvalue weighted by Gasteiger charge is 2.19. The molecule has 1 heterocycles. The van der Waals surface area contributed by atoms with Gasteiger partial charge in [-0.3, -0.25) is 10.1 Å². The molecule has 0 aliphatic carbocycles. The number of rotatable bonds is 3. The van der Waals surface area contributed by atoms with Gasteiger partial charge in [-0.05, 0) is 30.9 Å². The summed E-state index contributed by atoms with van der Waals surface area (Å²) in [5.74, 6) is 2.57. The number of amides is 1. The first kappa shape index (κ1) is 12.7. The Morgan fingerprint density at radius 3 is 3.06 bits per heavy atom. The Balaban J connectivity index is 2.12. The van der Waals surface area contributed by atoms with Gasteiger partial charge in [0.05, 0.1) is 13.1 Å². The van der Waals surface area contributed by atoms with Crippen molar-refractivity contribution in [3.63, 3.8) is 0 Å². The first-order valence-corrected chi connectivity index (χ1v) is 6.35. The summed E-state index contributed by atoms with van der Waals surface area (Å²) in [6.45, 7) is 1.54. The lowest BCUT2D eigenvalue weighted by atomic mass is 10.1. The summed E-state index contributed by atoms with van der Waals surface area (Å²) in [6, 6.07) is 8.15. The number of hydrogen-bond donors (Lipinski definition) is 1. The normalized spacial score (nSPS) is 14.5. The lowest BCUT2D eigenvalue weighted by Crippen LogP contribution is -2.39. The number of nitrogens with one attached hydrogen (secondary N) is 1. The highest BCUT2D eigenvalue weighted by molar-refractivity contribution is 5.95. The van der Waals surface area contributed by atoms with Crippen molar-refractivity contribution in [2.24, 2.45) is 0 Å².